The number of hydrogen-bond acceptors (Lipinski definition) is 6. The molecule has 0 aliphatic carbocycles. The topological polar surface area (TPSA) is 116 Å². The monoisotopic (exact) mass is 581 g/mol. The molecule has 10 heteroatoms. The zero-order valence-electron chi connectivity index (χ0n) is 24.6. The molecule has 4 rings (SSSR count). The third kappa shape index (κ3) is 7.87. The summed E-state index contributed by atoms with van der Waals surface area (Å²) in [6, 6.07) is 6.66. The number of carbonyl (C=O) groups excluding carboxylic acids is 3. The molecule has 3 N–H and O–H groups in total. The van der Waals surface area contributed by atoms with Gasteiger partial charge in [0.15, 0.2) is 5.69 Å². The Hall–Kier alpha value is -3.40. The number of amides is 3. The summed E-state index contributed by atoms with van der Waals surface area (Å²) in [5.41, 5.74) is 2.35. The summed E-state index contributed by atoms with van der Waals surface area (Å²) in [6.45, 7) is 9.51. The van der Waals surface area contributed by atoms with Gasteiger partial charge in [-0.25, -0.2) is 14.6 Å². The third-order valence-corrected chi connectivity index (χ3v) is 8.75. The number of likely N-dealkylation sites (tertiary alicyclic amines) is 1. The number of carbonyl (C=O) groups is 3. The van der Waals surface area contributed by atoms with Crippen molar-refractivity contribution < 1.29 is 19.1 Å². The number of para-hydroxylation sites is 1. The molecule has 3 heterocycles. The normalized spacial score (nSPS) is 15.4. The molecule has 1 aliphatic heterocycles. The molecule has 0 radical (unpaired) electrons. The number of fused-ring (bicyclic) bond motifs is 1. The van der Waals surface area contributed by atoms with E-state index < -0.39 is 18.1 Å². The molecule has 2 aromatic heterocycles. The number of hydrogen-bond donors (Lipinski definition) is 3. The highest BCUT2D eigenvalue weighted by atomic mass is 32.1. The van der Waals surface area contributed by atoms with Crippen LogP contribution in [0.25, 0.3) is 10.9 Å². The smallest absolute Gasteiger partial charge is 0.358 e. The first kappa shape index (κ1) is 30.6. The van der Waals surface area contributed by atoms with Crippen LogP contribution in [0.3, 0.4) is 0 Å². The summed E-state index contributed by atoms with van der Waals surface area (Å²) >= 11 is 1.42. The lowest BCUT2D eigenvalue weighted by molar-refractivity contribution is -0.124. The molecule has 222 valence electrons. The molecule has 9 nitrogen and oxygen atoms in total. The van der Waals surface area contributed by atoms with Gasteiger partial charge in [-0.3, -0.25) is 4.79 Å². The standard InChI is InChI=1S/C31H43N5O4S/c1-5-26-27(30(38)40-6-2)35-29(41-26)25(18-21-19-32-23-14-10-9-13-22(21)23)33-28(37)24(17-20(3)4)34-31(39)36-15-11-7-8-12-16-36/h9-10,13-14,19-20,24-25,32H,5-8,11-12,15-18H2,1-4H3,(H,33,37)(H,34,39)/t24-,25+/m0/s1. The van der Waals surface area contributed by atoms with Crippen molar-refractivity contribution in [3.05, 3.63) is 51.6 Å². The molecule has 2 atom stereocenters. The van der Waals surface area contributed by atoms with Crippen molar-refractivity contribution >= 4 is 40.1 Å². The van der Waals surface area contributed by atoms with E-state index >= 15 is 0 Å². The van der Waals surface area contributed by atoms with Crippen molar-refractivity contribution in [3.63, 3.8) is 0 Å². The van der Waals surface area contributed by atoms with E-state index in [1.54, 1.807) is 6.92 Å². The Morgan fingerprint density at radius 2 is 1.80 bits per heavy atom. The van der Waals surface area contributed by atoms with Crippen LogP contribution >= 0.6 is 11.3 Å². The summed E-state index contributed by atoms with van der Waals surface area (Å²) in [7, 11) is 0. The Morgan fingerprint density at radius 1 is 1.07 bits per heavy atom. The van der Waals surface area contributed by atoms with Crippen LogP contribution < -0.4 is 10.6 Å². The van der Waals surface area contributed by atoms with Gasteiger partial charge >= 0.3 is 12.0 Å². The van der Waals surface area contributed by atoms with Crippen LogP contribution in [0.4, 0.5) is 4.79 Å². The minimum atomic E-state index is -0.689. The van der Waals surface area contributed by atoms with E-state index in [-0.39, 0.29) is 24.5 Å². The molecule has 1 saturated heterocycles. The van der Waals surface area contributed by atoms with Gasteiger partial charge in [-0.2, -0.15) is 0 Å². The number of aromatic amines is 1. The molecule has 0 spiro atoms. The summed E-state index contributed by atoms with van der Waals surface area (Å²) in [5.74, 6) is -0.506. The molecular weight excluding hydrogens is 538 g/mol. The summed E-state index contributed by atoms with van der Waals surface area (Å²) < 4.78 is 5.26. The third-order valence-electron chi connectivity index (χ3n) is 7.43. The first-order valence-electron chi connectivity index (χ1n) is 14.9. The molecule has 1 fully saturated rings. The quantitative estimate of drug-likeness (QED) is 0.249. The van der Waals surface area contributed by atoms with E-state index in [2.05, 4.69) is 15.6 Å². The maximum absolute atomic E-state index is 13.9. The Labute approximate surface area is 246 Å². The second-order valence-corrected chi connectivity index (χ2v) is 12.2. The second-order valence-electron chi connectivity index (χ2n) is 11.1. The van der Waals surface area contributed by atoms with Gasteiger partial charge < -0.3 is 25.3 Å². The number of thiazole rings is 1. The van der Waals surface area contributed by atoms with Gasteiger partial charge in [-0.05, 0) is 50.2 Å². The molecule has 0 unspecified atom stereocenters. The fourth-order valence-corrected chi connectivity index (χ4v) is 6.37. The van der Waals surface area contributed by atoms with Crippen LogP contribution in [0, 0.1) is 5.92 Å². The number of ether oxygens (including phenoxy) is 1. The number of H-pyrrole nitrogens is 1. The summed E-state index contributed by atoms with van der Waals surface area (Å²) in [6.07, 6.45) is 7.77. The molecule has 1 aromatic carbocycles. The number of aryl methyl sites for hydroxylation is 1. The number of esters is 1. The van der Waals surface area contributed by atoms with Crippen molar-refractivity contribution in [1.82, 2.24) is 25.5 Å². The molecular formula is C31H43N5O4S. The van der Waals surface area contributed by atoms with Crippen molar-refractivity contribution in [2.45, 2.75) is 84.7 Å². The maximum atomic E-state index is 13.9. The summed E-state index contributed by atoms with van der Waals surface area (Å²) in [5, 5.41) is 7.95. The summed E-state index contributed by atoms with van der Waals surface area (Å²) in [4.78, 5) is 50.4. The van der Waals surface area contributed by atoms with Crippen molar-refractivity contribution in [2.24, 2.45) is 5.92 Å². The van der Waals surface area contributed by atoms with Crippen LogP contribution in [0.2, 0.25) is 0 Å². The van der Waals surface area contributed by atoms with E-state index in [1.807, 2.05) is 56.1 Å². The van der Waals surface area contributed by atoms with Gasteiger partial charge in [-0.1, -0.05) is 51.8 Å². The maximum Gasteiger partial charge on any atom is 0.358 e. The first-order valence-corrected chi connectivity index (χ1v) is 15.7. The van der Waals surface area contributed by atoms with E-state index in [1.165, 1.54) is 11.3 Å². The van der Waals surface area contributed by atoms with Crippen LogP contribution in [-0.4, -0.2) is 58.5 Å². The second kappa shape index (κ2) is 14.5. The highest BCUT2D eigenvalue weighted by Crippen LogP contribution is 2.30. The highest BCUT2D eigenvalue weighted by molar-refractivity contribution is 7.12. The van der Waals surface area contributed by atoms with Gasteiger partial charge in [-0.15, -0.1) is 11.3 Å². The van der Waals surface area contributed by atoms with E-state index in [0.717, 1.165) is 47.0 Å². The number of urea groups is 1. The first-order chi connectivity index (χ1) is 19.8. The molecule has 3 aromatic rings. The van der Waals surface area contributed by atoms with Gasteiger partial charge in [0, 0.05) is 41.5 Å². The van der Waals surface area contributed by atoms with Gasteiger partial charge in [0.05, 0.1) is 12.6 Å². The Morgan fingerprint density at radius 3 is 2.49 bits per heavy atom. The minimum absolute atomic E-state index is 0.187. The predicted molar refractivity (Wildman–Crippen MR) is 162 cm³/mol. The zero-order chi connectivity index (χ0) is 29.4. The highest BCUT2D eigenvalue weighted by Gasteiger charge is 2.30. The fraction of sp³-hybridized carbons (Fsp3) is 0.548. The lowest BCUT2D eigenvalue weighted by Crippen LogP contribution is -2.52. The van der Waals surface area contributed by atoms with Crippen LogP contribution in [0.1, 0.15) is 91.8 Å². The Bertz CT molecular complexity index is 1330. The van der Waals surface area contributed by atoms with E-state index in [9.17, 15) is 14.4 Å². The lowest BCUT2D eigenvalue weighted by Gasteiger charge is -2.27. The molecule has 1 aliphatic rings. The van der Waals surface area contributed by atoms with Crippen molar-refractivity contribution in [3.8, 4) is 0 Å². The minimum Gasteiger partial charge on any atom is -0.461 e. The van der Waals surface area contributed by atoms with E-state index in [4.69, 9.17) is 9.72 Å². The SMILES string of the molecule is CCOC(=O)c1nc([C@@H](Cc2c[nH]c3ccccc23)NC(=O)[C@H](CC(C)C)NC(=O)N2CCCCCC2)sc1CC. The molecule has 0 saturated carbocycles. The average molecular weight is 582 g/mol. The number of aromatic nitrogens is 2. The largest absolute Gasteiger partial charge is 0.461 e. The number of rotatable bonds is 11. The van der Waals surface area contributed by atoms with Crippen LogP contribution in [-0.2, 0) is 22.4 Å². The number of nitrogens with zero attached hydrogens (tertiary/aromatic N) is 2. The van der Waals surface area contributed by atoms with Gasteiger partial charge in [0.25, 0.3) is 0 Å². The average Bonchev–Trinajstić information content (AvgIpc) is 3.46. The van der Waals surface area contributed by atoms with E-state index in [0.29, 0.717) is 43.1 Å². The predicted octanol–water partition coefficient (Wildman–Crippen LogP) is 5.76. The molecule has 3 amide bonds. The molecule has 41 heavy (non-hydrogen) atoms. The lowest BCUT2D eigenvalue weighted by atomic mass is 10.0. The van der Waals surface area contributed by atoms with Crippen molar-refractivity contribution in [2.75, 3.05) is 19.7 Å². The Kier molecular flexibility index (Phi) is 10.8. The van der Waals surface area contributed by atoms with Gasteiger partial charge in [0.2, 0.25) is 5.91 Å². The number of nitrogens with one attached hydrogen (secondary N) is 3. The number of benzene rings is 1. The van der Waals surface area contributed by atoms with Crippen LogP contribution in [0.5, 0.6) is 0 Å². The van der Waals surface area contributed by atoms with Gasteiger partial charge in [0.1, 0.15) is 11.0 Å². The zero-order valence-corrected chi connectivity index (χ0v) is 25.4. The Balaban J connectivity index is 1.62. The van der Waals surface area contributed by atoms with Crippen molar-refractivity contribution in [1.29, 1.82) is 0 Å². The fourth-order valence-electron chi connectivity index (χ4n) is 5.33. The molecule has 0 bridgehead atoms. The van der Waals surface area contributed by atoms with Crippen LogP contribution in [0.15, 0.2) is 30.5 Å².